The van der Waals surface area contributed by atoms with Crippen molar-refractivity contribution in [1.82, 2.24) is 9.71 Å². The number of ether oxygens (including phenoxy) is 1. The minimum Gasteiger partial charge on any atom is -0.463 e. The van der Waals surface area contributed by atoms with E-state index in [1.807, 2.05) is 31.2 Å². The van der Waals surface area contributed by atoms with Gasteiger partial charge in [-0.15, -0.1) is 11.3 Å². The van der Waals surface area contributed by atoms with Gasteiger partial charge in [0, 0.05) is 10.1 Å². The summed E-state index contributed by atoms with van der Waals surface area (Å²) in [7, 11) is 0. The lowest BCUT2D eigenvalue weighted by molar-refractivity contribution is 0.124. The van der Waals surface area contributed by atoms with Gasteiger partial charge in [-0.2, -0.15) is 4.98 Å². The standard InChI is InChI=1S/C13H12N2O3S/c1-2-7-18-13-14-10-8-5-3-4-6-9(8)19-11(10)12(16)15(13)17/h3-6,17H,2,7H2,1H3. The number of fused-ring (bicyclic) bond motifs is 3. The molecular formula is C13H12N2O3S. The maximum absolute atomic E-state index is 12.1. The Morgan fingerprint density at radius 1 is 1.42 bits per heavy atom. The predicted octanol–water partition coefficient (Wildman–Crippen LogP) is 2.64. The fraction of sp³-hybridized carbons (Fsp3) is 0.231. The zero-order chi connectivity index (χ0) is 13.4. The van der Waals surface area contributed by atoms with Crippen LogP contribution in [0.25, 0.3) is 20.3 Å². The molecule has 0 saturated carbocycles. The highest BCUT2D eigenvalue weighted by Crippen LogP contribution is 2.30. The first-order valence-corrected chi connectivity index (χ1v) is 6.80. The summed E-state index contributed by atoms with van der Waals surface area (Å²) in [4.78, 5) is 16.3. The van der Waals surface area contributed by atoms with Crippen molar-refractivity contribution in [1.29, 1.82) is 0 Å². The molecule has 6 heteroatoms. The van der Waals surface area contributed by atoms with Crippen molar-refractivity contribution in [3.05, 3.63) is 34.6 Å². The third-order valence-corrected chi connectivity index (χ3v) is 3.93. The minimum absolute atomic E-state index is 0.0529. The van der Waals surface area contributed by atoms with E-state index in [2.05, 4.69) is 4.98 Å². The Morgan fingerprint density at radius 3 is 3.00 bits per heavy atom. The molecule has 0 bridgehead atoms. The predicted molar refractivity (Wildman–Crippen MR) is 74.4 cm³/mol. The van der Waals surface area contributed by atoms with Gasteiger partial charge in [-0.05, 0) is 12.5 Å². The summed E-state index contributed by atoms with van der Waals surface area (Å²) in [5.41, 5.74) is 0.0966. The summed E-state index contributed by atoms with van der Waals surface area (Å²) in [5.74, 6) is 0. The van der Waals surface area contributed by atoms with Crippen molar-refractivity contribution >= 4 is 31.6 Å². The fourth-order valence-electron chi connectivity index (χ4n) is 1.90. The Morgan fingerprint density at radius 2 is 2.21 bits per heavy atom. The second-order valence-electron chi connectivity index (χ2n) is 4.14. The summed E-state index contributed by atoms with van der Waals surface area (Å²) < 4.78 is 7.18. The average molecular weight is 276 g/mol. The lowest BCUT2D eigenvalue weighted by atomic mass is 10.2. The molecule has 0 unspecified atom stereocenters. The van der Waals surface area contributed by atoms with Crippen molar-refractivity contribution in [2.24, 2.45) is 0 Å². The highest BCUT2D eigenvalue weighted by atomic mass is 32.1. The van der Waals surface area contributed by atoms with Crippen LogP contribution in [0.2, 0.25) is 0 Å². The van der Waals surface area contributed by atoms with Crippen molar-refractivity contribution < 1.29 is 9.94 Å². The third kappa shape index (κ3) is 1.84. The van der Waals surface area contributed by atoms with E-state index in [4.69, 9.17) is 4.74 Å². The minimum atomic E-state index is -0.489. The van der Waals surface area contributed by atoms with Crippen LogP contribution in [0.5, 0.6) is 6.01 Å². The number of hydrogen-bond donors (Lipinski definition) is 1. The van der Waals surface area contributed by atoms with E-state index in [9.17, 15) is 10.0 Å². The first-order chi connectivity index (χ1) is 9.22. The molecule has 3 rings (SSSR count). The molecule has 3 aromatic rings. The first kappa shape index (κ1) is 12.0. The van der Waals surface area contributed by atoms with Crippen molar-refractivity contribution in [2.45, 2.75) is 13.3 Å². The first-order valence-electron chi connectivity index (χ1n) is 5.98. The van der Waals surface area contributed by atoms with Gasteiger partial charge in [0.25, 0.3) is 0 Å². The topological polar surface area (TPSA) is 64.3 Å². The number of nitrogens with zero attached hydrogens (tertiary/aromatic N) is 2. The van der Waals surface area contributed by atoms with Crippen LogP contribution < -0.4 is 10.3 Å². The number of thiophene rings is 1. The molecule has 0 atom stereocenters. The van der Waals surface area contributed by atoms with E-state index in [-0.39, 0.29) is 6.01 Å². The van der Waals surface area contributed by atoms with Crippen LogP contribution in [0.4, 0.5) is 0 Å². The Kier molecular flexibility index (Phi) is 2.87. The summed E-state index contributed by atoms with van der Waals surface area (Å²) in [5, 5.41) is 10.7. The average Bonchev–Trinajstić information content (AvgIpc) is 2.80. The molecule has 98 valence electrons. The highest BCUT2D eigenvalue weighted by Gasteiger charge is 2.15. The van der Waals surface area contributed by atoms with Crippen LogP contribution in [0.3, 0.4) is 0 Å². The monoisotopic (exact) mass is 276 g/mol. The molecule has 0 aliphatic heterocycles. The van der Waals surface area contributed by atoms with Crippen LogP contribution in [-0.4, -0.2) is 21.5 Å². The Balaban J connectivity index is 2.33. The van der Waals surface area contributed by atoms with Crippen molar-refractivity contribution in [3.8, 4) is 6.01 Å². The SMILES string of the molecule is CCCOc1nc2c(sc3ccccc32)c(=O)n1O. The number of aromatic nitrogens is 2. The molecule has 0 fully saturated rings. The zero-order valence-electron chi connectivity index (χ0n) is 10.3. The molecule has 1 N–H and O–H groups in total. The lowest BCUT2D eigenvalue weighted by Gasteiger charge is -2.06. The lowest BCUT2D eigenvalue weighted by Crippen LogP contribution is -2.20. The second kappa shape index (κ2) is 4.55. The number of hydrogen-bond acceptors (Lipinski definition) is 5. The maximum Gasteiger partial charge on any atom is 0.334 e. The van der Waals surface area contributed by atoms with Gasteiger partial charge in [-0.25, -0.2) is 0 Å². The Labute approximate surface area is 112 Å². The molecule has 2 aromatic heterocycles. The molecule has 5 nitrogen and oxygen atoms in total. The maximum atomic E-state index is 12.1. The van der Waals surface area contributed by atoms with Crippen LogP contribution in [0, 0.1) is 0 Å². The van der Waals surface area contributed by atoms with E-state index in [1.54, 1.807) is 0 Å². The number of benzene rings is 1. The van der Waals surface area contributed by atoms with Crippen LogP contribution >= 0.6 is 11.3 Å². The Hall–Kier alpha value is -2.08. The van der Waals surface area contributed by atoms with Gasteiger partial charge in [-0.1, -0.05) is 29.9 Å². The van der Waals surface area contributed by atoms with E-state index in [0.29, 0.717) is 21.6 Å². The smallest absolute Gasteiger partial charge is 0.334 e. The molecule has 0 spiro atoms. The summed E-state index contributed by atoms with van der Waals surface area (Å²) >= 11 is 1.32. The molecular weight excluding hydrogens is 264 g/mol. The van der Waals surface area contributed by atoms with Crippen LogP contribution in [-0.2, 0) is 0 Å². The molecule has 1 aromatic carbocycles. The van der Waals surface area contributed by atoms with Crippen LogP contribution in [0.1, 0.15) is 13.3 Å². The highest BCUT2D eigenvalue weighted by molar-refractivity contribution is 7.25. The van der Waals surface area contributed by atoms with E-state index in [1.165, 1.54) is 11.3 Å². The molecule has 19 heavy (non-hydrogen) atoms. The molecule has 0 amide bonds. The quantitative estimate of drug-likeness (QED) is 0.747. The van der Waals surface area contributed by atoms with E-state index < -0.39 is 5.56 Å². The largest absolute Gasteiger partial charge is 0.463 e. The summed E-state index contributed by atoms with van der Waals surface area (Å²) in [6.45, 7) is 2.35. The normalized spacial score (nSPS) is 11.2. The van der Waals surface area contributed by atoms with Gasteiger partial charge in [0.15, 0.2) is 0 Å². The second-order valence-corrected chi connectivity index (χ2v) is 5.19. The van der Waals surface area contributed by atoms with Gasteiger partial charge in [0.2, 0.25) is 0 Å². The molecule has 0 aliphatic carbocycles. The summed E-state index contributed by atoms with van der Waals surface area (Å²) in [6, 6.07) is 7.58. The van der Waals surface area contributed by atoms with Gasteiger partial charge < -0.3 is 9.94 Å². The van der Waals surface area contributed by atoms with Gasteiger partial charge >= 0.3 is 11.6 Å². The van der Waals surface area contributed by atoms with Crippen molar-refractivity contribution in [3.63, 3.8) is 0 Å². The van der Waals surface area contributed by atoms with Gasteiger partial charge in [-0.3, -0.25) is 4.79 Å². The third-order valence-electron chi connectivity index (χ3n) is 2.78. The Bertz CT molecular complexity index is 807. The zero-order valence-corrected chi connectivity index (χ0v) is 11.1. The van der Waals surface area contributed by atoms with Gasteiger partial charge in [0.05, 0.1) is 6.61 Å². The number of rotatable bonds is 3. The molecule has 0 radical (unpaired) electrons. The van der Waals surface area contributed by atoms with Crippen LogP contribution in [0.15, 0.2) is 29.1 Å². The van der Waals surface area contributed by atoms with Gasteiger partial charge in [0.1, 0.15) is 10.2 Å². The summed E-state index contributed by atoms with van der Waals surface area (Å²) in [6.07, 6.45) is 0.776. The molecule has 2 heterocycles. The van der Waals surface area contributed by atoms with Crippen molar-refractivity contribution in [2.75, 3.05) is 6.61 Å². The molecule has 0 aliphatic rings. The molecule has 0 saturated heterocycles. The van der Waals surface area contributed by atoms with E-state index in [0.717, 1.165) is 16.5 Å². The fourth-order valence-corrected chi connectivity index (χ4v) is 2.97. The van der Waals surface area contributed by atoms with E-state index >= 15 is 0 Å².